The lowest BCUT2D eigenvalue weighted by molar-refractivity contribution is 1.50. The fraction of sp³-hybridized carbons (Fsp3) is 0. The van der Waals surface area contributed by atoms with Crippen LogP contribution in [-0.2, 0) is 0 Å². The van der Waals surface area contributed by atoms with Gasteiger partial charge in [0, 0.05) is 11.1 Å². The number of benzene rings is 10. The standard InChI is InChI=1S/C66H46/c1-7-19-55(20-8-1)63(56-21-9-2-10-22-56)65(59-27-15-5-16-28-59)61-45-41-53(42-46-61)51-37-33-49(34-38-51)31-32-50-35-39-52(40-36-50)54-43-47-62(48-44-54)66(60-29-17-6-18-30-60)64(57-23-11-3-12-24-57)58-25-13-4-14-26-58/h1-30,33-48H. The summed E-state index contributed by atoms with van der Waals surface area (Å²) < 4.78 is 0. The van der Waals surface area contributed by atoms with Crippen LogP contribution in [0.3, 0.4) is 0 Å². The molecule has 66 heavy (non-hydrogen) atoms. The van der Waals surface area contributed by atoms with Crippen molar-refractivity contribution >= 4 is 22.3 Å². The Labute approximate surface area is 389 Å². The van der Waals surface area contributed by atoms with E-state index in [9.17, 15) is 0 Å². The Morgan fingerprint density at radius 1 is 0.167 bits per heavy atom. The Kier molecular flexibility index (Phi) is 12.3. The minimum atomic E-state index is 0.979. The zero-order chi connectivity index (χ0) is 44.3. The van der Waals surface area contributed by atoms with Crippen LogP contribution in [0.5, 0.6) is 0 Å². The van der Waals surface area contributed by atoms with Crippen LogP contribution in [0.25, 0.3) is 44.5 Å². The van der Waals surface area contributed by atoms with E-state index < -0.39 is 0 Å². The Morgan fingerprint density at radius 3 is 0.530 bits per heavy atom. The van der Waals surface area contributed by atoms with Gasteiger partial charge in [-0.15, -0.1) is 0 Å². The molecule has 10 aromatic carbocycles. The lowest BCUT2D eigenvalue weighted by atomic mass is 9.85. The second-order valence-corrected chi connectivity index (χ2v) is 16.3. The van der Waals surface area contributed by atoms with Crippen LogP contribution in [-0.4, -0.2) is 0 Å². The van der Waals surface area contributed by atoms with E-state index in [1.165, 1.54) is 66.8 Å². The smallest absolute Gasteiger partial charge is 0.0249 e. The van der Waals surface area contributed by atoms with Crippen LogP contribution in [0.15, 0.2) is 279 Å². The minimum Gasteiger partial charge on any atom is -0.0622 e. The summed E-state index contributed by atoms with van der Waals surface area (Å²) in [5.41, 5.74) is 20.9. The van der Waals surface area contributed by atoms with Crippen LogP contribution in [0.2, 0.25) is 0 Å². The highest BCUT2D eigenvalue weighted by molar-refractivity contribution is 6.06. The average Bonchev–Trinajstić information content (AvgIpc) is 3.41. The largest absolute Gasteiger partial charge is 0.0622 e. The lowest BCUT2D eigenvalue weighted by Gasteiger charge is -2.18. The van der Waals surface area contributed by atoms with Gasteiger partial charge in [-0.05, 0) is 113 Å². The van der Waals surface area contributed by atoms with Gasteiger partial charge in [0.25, 0.3) is 0 Å². The van der Waals surface area contributed by atoms with E-state index in [1.807, 2.05) is 0 Å². The van der Waals surface area contributed by atoms with Crippen LogP contribution >= 0.6 is 0 Å². The maximum Gasteiger partial charge on any atom is 0.0249 e. The molecular weight excluding hydrogens is 793 g/mol. The second-order valence-electron chi connectivity index (χ2n) is 16.3. The molecule has 0 bridgehead atoms. The summed E-state index contributed by atoms with van der Waals surface area (Å²) >= 11 is 0. The molecule has 0 fully saturated rings. The Bertz CT molecular complexity index is 2970. The SMILES string of the molecule is C(#Cc1ccc(-c2ccc(C(=C(c3ccccc3)c3ccccc3)c3ccccc3)cc2)cc1)c1ccc(-c2ccc(C(=C(c3ccccc3)c3ccccc3)c3ccccc3)cc2)cc1. The molecular formula is C66H46. The van der Waals surface area contributed by atoms with E-state index in [0.29, 0.717) is 0 Å². The molecule has 0 nitrogen and oxygen atoms in total. The van der Waals surface area contributed by atoms with Crippen molar-refractivity contribution in [3.63, 3.8) is 0 Å². The van der Waals surface area contributed by atoms with Crippen LogP contribution in [0, 0.1) is 11.8 Å². The summed E-state index contributed by atoms with van der Waals surface area (Å²) in [4.78, 5) is 0. The molecule has 0 aliphatic carbocycles. The van der Waals surface area contributed by atoms with Gasteiger partial charge in [0.2, 0.25) is 0 Å². The summed E-state index contributed by atoms with van der Waals surface area (Å²) in [5.74, 6) is 6.79. The van der Waals surface area contributed by atoms with E-state index in [1.54, 1.807) is 0 Å². The van der Waals surface area contributed by atoms with Gasteiger partial charge < -0.3 is 0 Å². The molecule has 0 spiro atoms. The van der Waals surface area contributed by atoms with Crippen molar-refractivity contribution in [3.05, 3.63) is 335 Å². The van der Waals surface area contributed by atoms with Crippen LogP contribution < -0.4 is 0 Å². The molecule has 0 unspecified atom stereocenters. The third kappa shape index (κ3) is 9.29. The molecule has 0 heteroatoms. The molecule has 0 heterocycles. The van der Waals surface area contributed by atoms with Gasteiger partial charge in [0.15, 0.2) is 0 Å². The normalized spacial score (nSPS) is 10.6. The van der Waals surface area contributed by atoms with Crippen molar-refractivity contribution < 1.29 is 0 Å². The van der Waals surface area contributed by atoms with Crippen molar-refractivity contribution in [2.75, 3.05) is 0 Å². The average molecular weight is 839 g/mol. The summed E-state index contributed by atoms with van der Waals surface area (Å²) in [5, 5.41) is 0. The predicted molar refractivity (Wildman–Crippen MR) is 278 cm³/mol. The zero-order valence-electron chi connectivity index (χ0n) is 36.6. The monoisotopic (exact) mass is 838 g/mol. The van der Waals surface area contributed by atoms with Gasteiger partial charge in [-0.25, -0.2) is 0 Å². The van der Waals surface area contributed by atoms with Gasteiger partial charge in [0.05, 0.1) is 0 Å². The lowest BCUT2D eigenvalue weighted by Crippen LogP contribution is -1.97. The van der Waals surface area contributed by atoms with Crippen LogP contribution in [0.1, 0.15) is 55.6 Å². The van der Waals surface area contributed by atoms with Crippen molar-refractivity contribution in [3.8, 4) is 34.1 Å². The zero-order valence-corrected chi connectivity index (χ0v) is 36.6. The molecule has 10 rings (SSSR count). The maximum atomic E-state index is 3.40. The fourth-order valence-electron chi connectivity index (χ4n) is 8.75. The van der Waals surface area contributed by atoms with Crippen LogP contribution in [0.4, 0.5) is 0 Å². The molecule has 0 saturated heterocycles. The van der Waals surface area contributed by atoms with Crippen molar-refractivity contribution in [2.45, 2.75) is 0 Å². The first-order valence-corrected chi connectivity index (χ1v) is 22.5. The molecule has 0 aliphatic heterocycles. The first-order valence-electron chi connectivity index (χ1n) is 22.5. The van der Waals surface area contributed by atoms with Crippen molar-refractivity contribution in [1.82, 2.24) is 0 Å². The fourth-order valence-corrected chi connectivity index (χ4v) is 8.75. The van der Waals surface area contributed by atoms with Gasteiger partial charge in [0.1, 0.15) is 0 Å². The van der Waals surface area contributed by atoms with Gasteiger partial charge in [-0.2, -0.15) is 0 Å². The van der Waals surface area contributed by atoms with Crippen molar-refractivity contribution in [1.29, 1.82) is 0 Å². The third-order valence-corrected chi connectivity index (χ3v) is 12.0. The Hall–Kier alpha value is -8.76. The van der Waals surface area contributed by atoms with Crippen molar-refractivity contribution in [2.24, 2.45) is 0 Å². The highest BCUT2D eigenvalue weighted by Gasteiger charge is 2.18. The highest BCUT2D eigenvalue weighted by atomic mass is 14.2. The Balaban J connectivity index is 0.883. The number of hydrogen-bond donors (Lipinski definition) is 0. The minimum absolute atomic E-state index is 0.979. The molecule has 0 atom stereocenters. The second kappa shape index (κ2) is 19.7. The molecule has 0 radical (unpaired) electrons. The van der Waals surface area contributed by atoms with Gasteiger partial charge >= 0.3 is 0 Å². The summed E-state index contributed by atoms with van der Waals surface area (Å²) in [6.45, 7) is 0. The third-order valence-electron chi connectivity index (χ3n) is 12.0. The highest BCUT2D eigenvalue weighted by Crippen LogP contribution is 2.39. The van der Waals surface area contributed by atoms with Gasteiger partial charge in [-0.1, -0.05) is 267 Å². The molecule has 0 aliphatic rings. The first kappa shape index (κ1) is 41.3. The molecule has 0 N–H and O–H groups in total. The summed E-state index contributed by atoms with van der Waals surface area (Å²) in [7, 11) is 0. The molecule has 0 saturated carbocycles. The molecule has 0 amide bonds. The van der Waals surface area contributed by atoms with E-state index in [-0.39, 0.29) is 0 Å². The summed E-state index contributed by atoms with van der Waals surface area (Å²) in [6, 6.07) is 99.3. The number of rotatable bonds is 10. The maximum absolute atomic E-state index is 3.40. The predicted octanol–water partition coefficient (Wildman–Crippen LogP) is 16.4. The molecule has 310 valence electrons. The van der Waals surface area contributed by atoms with Gasteiger partial charge in [-0.3, -0.25) is 0 Å². The number of hydrogen-bond acceptors (Lipinski definition) is 0. The van der Waals surface area contributed by atoms with E-state index >= 15 is 0 Å². The molecule has 10 aromatic rings. The van der Waals surface area contributed by atoms with E-state index in [2.05, 4.69) is 291 Å². The molecule has 0 aromatic heterocycles. The summed E-state index contributed by atoms with van der Waals surface area (Å²) in [6.07, 6.45) is 0. The van der Waals surface area contributed by atoms with E-state index in [0.717, 1.165) is 33.4 Å². The van der Waals surface area contributed by atoms with E-state index in [4.69, 9.17) is 0 Å². The first-order chi connectivity index (χ1) is 32.7. The topological polar surface area (TPSA) is 0 Å². The Morgan fingerprint density at radius 2 is 0.333 bits per heavy atom. The quantitative estimate of drug-likeness (QED) is 0.0951.